The molecule has 0 amide bonds. The van der Waals surface area contributed by atoms with E-state index in [-0.39, 0.29) is 16.7 Å². The van der Waals surface area contributed by atoms with Crippen molar-refractivity contribution in [3.63, 3.8) is 0 Å². The van der Waals surface area contributed by atoms with E-state index in [2.05, 4.69) is 0 Å². The molecule has 2 aromatic rings. The van der Waals surface area contributed by atoms with E-state index in [9.17, 15) is 34.4 Å². The summed E-state index contributed by atoms with van der Waals surface area (Å²) in [5, 5.41) is 0. The largest absolute Gasteiger partial charge is 0.300 e. The predicted octanol–water partition coefficient (Wildman–Crippen LogP) is 5.64. The second-order valence-electron chi connectivity index (χ2n) is 8.62. The molecule has 0 aliphatic heterocycles. The number of sulfone groups is 1. The summed E-state index contributed by atoms with van der Waals surface area (Å²) in [5.74, 6) is -10.2. The lowest BCUT2D eigenvalue weighted by atomic mass is 9.90. The van der Waals surface area contributed by atoms with Crippen LogP contribution in [0.3, 0.4) is 0 Å². The van der Waals surface area contributed by atoms with Gasteiger partial charge in [-0.1, -0.05) is 43.9 Å². The standard InChI is InChI=1S/C22H22F4O5S2/c23-16-18(25)22(33(29,30)31)19(26)17(24)21(16)32(27,28)20-14(12-6-1-2-7-12)10-5-11-15(20)13-8-3-4-9-13/h5,10-13H,1-4,6-9H2,(H,29,30,31). The first-order chi connectivity index (χ1) is 15.5. The lowest BCUT2D eigenvalue weighted by Crippen LogP contribution is -2.19. The van der Waals surface area contributed by atoms with E-state index >= 15 is 0 Å². The molecule has 33 heavy (non-hydrogen) atoms. The number of rotatable bonds is 5. The van der Waals surface area contributed by atoms with Gasteiger partial charge in [0.2, 0.25) is 9.84 Å². The second kappa shape index (κ2) is 8.66. The molecule has 4 rings (SSSR count). The van der Waals surface area contributed by atoms with Gasteiger partial charge in [-0.05, 0) is 48.6 Å². The van der Waals surface area contributed by atoms with Gasteiger partial charge in [0, 0.05) is 0 Å². The number of benzene rings is 2. The van der Waals surface area contributed by atoms with Crippen molar-refractivity contribution in [3.8, 4) is 0 Å². The zero-order valence-electron chi connectivity index (χ0n) is 17.5. The van der Waals surface area contributed by atoms with E-state index in [1.54, 1.807) is 18.2 Å². The maximum Gasteiger partial charge on any atom is 0.300 e. The summed E-state index contributed by atoms with van der Waals surface area (Å²) in [6.45, 7) is 0. The minimum atomic E-state index is -5.70. The van der Waals surface area contributed by atoms with E-state index in [1.165, 1.54) is 0 Å². The van der Waals surface area contributed by atoms with Crippen LogP contribution in [0.4, 0.5) is 17.6 Å². The fourth-order valence-corrected chi connectivity index (χ4v) is 7.73. The molecule has 2 fully saturated rings. The molecule has 180 valence electrons. The molecule has 2 saturated carbocycles. The van der Waals surface area contributed by atoms with Gasteiger partial charge in [0.15, 0.2) is 28.2 Å². The molecule has 2 aliphatic rings. The monoisotopic (exact) mass is 506 g/mol. The van der Waals surface area contributed by atoms with Crippen LogP contribution in [0.25, 0.3) is 0 Å². The van der Waals surface area contributed by atoms with Crippen molar-refractivity contribution in [2.75, 3.05) is 0 Å². The SMILES string of the molecule is O=S(=O)(O)c1c(F)c(F)c(S(=O)(=O)c2c(C3CCCC3)cccc2C2CCCC2)c(F)c1F. The van der Waals surface area contributed by atoms with Gasteiger partial charge < -0.3 is 0 Å². The molecule has 1 N–H and O–H groups in total. The fraction of sp³-hybridized carbons (Fsp3) is 0.455. The van der Waals surface area contributed by atoms with Crippen LogP contribution in [0.2, 0.25) is 0 Å². The lowest BCUT2D eigenvalue weighted by molar-refractivity contribution is 0.380. The van der Waals surface area contributed by atoms with Crippen LogP contribution in [0.1, 0.15) is 74.3 Å². The van der Waals surface area contributed by atoms with Crippen molar-refractivity contribution in [1.82, 2.24) is 0 Å². The van der Waals surface area contributed by atoms with Crippen LogP contribution in [-0.2, 0) is 20.0 Å². The van der Waals surface area contributed by atoms with E-state index in [0.29, 0.717) is 36.8 Å². The van der Waals surface area contributed by atoms with Gasteiger partial charge in [-0.15, -0.1) is 0 Å². The molecule has 0 bridgehead atoms. The fourth-order valence-electron chi connectivity index (χ4n) is 5.16. The minimum Gasteiger partial charge on any atom is -0.282 e. The highest BCUT2D eigenvalue weighted by molar-refractivity contribution is 7.91. The Kier molecular flexibility index (Phi) is 6.34. The second-order valence-corrected chi connectivity index (χ2v) is 11.8. The smallest absolute Gasteiger partial charge is 0.282 e. The normalized spacial score (nSPS) is 18.3. The summed E-state index contributed by atoms with van der Waals surface area (Å²) < 4.78 is 118. The average Bonchev–Trinajstić information content (AvgIpc) is 3.45. The maximum atomic E-state index is 14.9. The molecular formula is C22H22F4O5S2. The Hall–Kier alpha value is -1.98. The molecule has 2 aliphatic carbocycles. The third kappa shape index (κ3) is 4.08. The van der Waals surface area contributed by atoms with Gasteiger partial charge in [0.05, 0.1) is 4.90 Å². The molecule has 0 radical (unpaired) electrons. The Balaban J connectivity index is 2.04. The first-order valence-electron chi connectivity index (χ1n) is 10.7. The Bertz CT molecular complexity index is 1250. The highest BCUT2D eigenvalue weighted by Gasteiger charge is 2.41. The van der Waals surface area contributed by atoms with Gasteiger partial charge in [-0.3, -0.25) is 4.55 Å². The van der Waals surface area contributed by atoms with Gasteiger partial charge >= 0.3 is 10.1 Å². The van der Waals surface area contributed by atoms with E-state index in [4.69, 9.17) is 4.55 Å². The summed E-state index contributed by atoms with van der Waals surface area (Å²) in [7, 11) is -10.9. The van der Waals surface area contributed by atoms with E-state index in [1.807, 2.05) is 0 Å². The number of hydrogen-bond acceptors (Lipinski definition) is 4. The average molecular weight is 507 g/mol. The molecule has 0 unspecified atom stereocenters. The zero-order chi connectivity index (χ0) is 24.1. The Morgan fingerprint density at radius 2 is 1.00 bits per heavy atom. The highest BCUT2D eigenvalue weighted by Crippen LogP contribution is 2.46. The number of hydrogen-bond donors (Lipinski definition) is 1. The molecule has 0 spiro atoms. The Morgan fingerprint density at radius 1 is 0.636 bits per heavy atom. The molecule has 0 heterocycles. The topological polar surface area (TPSA) is 88.5 Å². The quantitative estimate of drug-likeness (QED) is 0.322. The van der Waals surface area contributed by atoms with Gasteiger partial charge in [-0.25, -0.2) is 26.0 Å². The van der Waals surface area contributed by atoms with Crippen molar-refractivity contribution in [2.24, 2.45) is 0 Å². The van der Waals surface area contributed by atoms with Gasteiger partial charge in [0.25, 0.3) is 0 Å². The van der Waals surface area contributed by atoms with Crippen LogP contribution < -0.4 is 0 Å². The Morgan fingerprint density at radius 3 is 1.36 bits per heavy atom. The predicted molar refractivity (Wildman–Crippen MR) is 110 cm³/mol. The maximum absolute atomic E-state index is 14.9. The minimum absolute atomic E-state index is 0.200. The first kappa shape index (κ1) is 24.2. The summed E-state index contributed by atoms with van der Waals surface area (Å²) >= 11 is 0. The van der Waals surface area contributed by atoms with Crippen LogP contribution in [-0.4, -0.2) is 21.4 Å². The van der Waals surface area contributed by atoms with Crippen molar-refractivity contribution < 1.29 is 39.0 Å². The third-order valence-electron chi connectivity index (χ3n) is 6.64. The summed E-state index contributed by atoms with van der Waals surface area (Å²) in [4.78, 5) is -4.52. The van der Waals surface area contributed by atoms with Gasteiger partial charge in [0.1, 0.15) is 4.90 Å². The van der Waals surface area contributed by atoms with Crippen molar-refractivity contribution in [2.45, 2.75) is 77.9 Å². The van der Waals surface area contributed by atoms with Crippen LogP contribution in [0.5, 0.6) is 0 Å². The molecule has 11 heteroatoms. The third-order valence-corrected chi connectivity index (χ3v) is 9.42. The van der Waals surface area contributed by atoms with Crippen molar-refractivity contribution >= 4 is 20.0 Å². The molecule has 5 nitrogen and oxygen atoms in total. The first-order valence-corrected chi connectivity index (χ1v) is 13.6. The zero-order valence-corrected chi connectivity index (χ0v) is 19.1. The van der Waals surface area contributed by atoms with Crippen LogP contribution in [0.15, 0.2) is 32.9 Å². The molecule has 0 atom stereocenters. The van der Waals surface area contributed by atoms with Crippen LogP contribution >= 0.6 is 0 Å². The number of halogens is 4. The van der Waals surface area contributed by atoms with Crippen LogP contribution in [0, 0.1) is 23.3 Å². The molecule has 0 aromatic heterocycles. The lowest BCUT2D eigenvalue weighted by Gasteiger charge is -2.23. The summed E-state index contributed by atoms with van der Waals surface area (Å²) in [6.07, 6.45) is 6.00. The highest BCUT2D eigenvalue weighted by atomic mass is 32.2. The van der Waals surface area contributed by atoms with Crippen molar-refractivity contribution in [1.29, 1.82) is 0 Å². The van der Waals surface area contributed by atoms with E-state index in [0.717, 1.165) is 25.7 Å². The van der Waals surface area contributed by atoms with Gasteiger partial charge in [-0.2, -0.15) is 8.42 Å². The molecule has 0 saturated heterocycles. The summed E-state index contributed by atoms with van der Waals surface area (Å²) in [5.41, 5.74) is 0.686. The molecular weight excluding hydrogens is 484 g/mol. The Labute approximate surface area is 189 Å². The van der Waals surface area contributed by atoms with Crippen molar-refractivity contribution in [3.05, 3.63) is 52.6 Å². The summed E-state index contributed by atoms with van der Waals surface area (Å²) in [6, 6.07) is 4.78. The van der Waals surface area contributed by atoms with E-state index < -0.39 is 53.0 Å². The molecule has 2 aromatic carbocycles.